The molecule has 1 aliphatic rings. The lowest BCUT2D eigenvalue weighted by atomic mass is 9.92. The molecule has 0 radical (unpaired) electrons. The predicted octanol–water partition coefficient (Wildman–Crippen LogP) is 2.49. The SMILES string of the molecule is FC(F)c1cncc(C2CCCNC2)c1. The van der Waals surface area contributed by atoms with Crippen LogP contribution in [0.15, 0.2) is 18.5 Å². The summed E-state index contributed by atoms with van der Waals surface area (Å²) < 4.78 is 24.9. The van der Waals surface area contributed by atoms with Crippen molar-refractivity contribution < 1.29 is 8.78 Å². The van der Waals surface area contributed by atoms with Crippen molar-refractivity contribution in [3.05, 3.63) is 29.6 Å². The van der Waals surface area contributed by atoms with Crippen molar-refractivity contribution in [1.29, 1.82) is 0 Å². The zero-order chi connectivity index (χ0) is 10.7. The van der Waals surface area contributed by atoms with Gasteiger partial charge in [-0.1, -0.05) is 0 Å². The van der Waals surface area contributed by atoms with Crippen LogP contribution in [0, 0.1) is 0 Å². The van der Waals surface area contributed by atoms with Gasteiger partial charge in [-0.3, -0.25) is 4.98 Å². The lowest BCUT2D eigenvalue weighted by Crippen LogP contribution is -2.28. The summed E-state index contributed by atoms with van der Waals surface area (Å²) >= 11 is 0. The third kappa shape index (κ3) is 2.50. The number of rotatable bonds is 2. The van der Waals surface area contributed by atoms with Gasteiger partial charge in [-0.25, -0.2) is 8.78 Å². The highest BCUT2D eigenvalue weighted by Gasteiger charge is 2.17. The molecule has 0 aromatic carbocycles. The van der Waals surface area contributed by atoms with Crippen molar-refractivity contribution in [2.45, 2.75) is 25.2 Å². The van der Waals surface area contributed by atoms with E-state index in [1.54, 1.807) is 12.3 Å². The molecular weight excluding hydrogens is 198 g/mol. The molecule has 2 heterocycles. The van der Waals surface area contributed by atoms with Crippen molar-refractivity contribution >= 4 is 0 Å². The van der Waals surface area contributed by atoms with E-state index >= 15 is 0 Å². The highest BCUT2D eigenvalue weighted by atomic mass is 19.3. The van der Waals surface area contributed by atoms with E-state index in [9.17, 15) is 8.78 Å². The third-order valence-electron chi connectivity index (χ3n) is 2.80. The van der Waals surface area contributed by atoms with Crippen LogP contribution >= 0.6 is 0 Å². The molecule has 15 heavy (non-hydrogen) atoms. The zero-order valence-electron chi connectivity index (χ0n) is 8.42. The van der Waals surface area contributed by atoms with Crippen molar-refractivity contribution in [1.82, 2.24) is 10.3 Å². The Morgan fingerprint density at radius 3 is 2.93 bits per heavy atom. The minimum Gasteiger partial charge on any atom is -0.316 e. The highest BCUT2D eigenvalue weighted by molar-refractivity contribution is 5.23. The molecule has 1 aromatic heterocycles. The first-order valence-electron chi connectivity index (χ1n) is 5.21. The van der Waals surface area contributed by atoms with Crippen LogP contribution in [0.1, 0.15) is 36.3 Å². The third-order valence-corrected chi connectivity index (χ3v) is 2.80. The molecule has 1 aromatic rings. The van der Waals surface area contributed by atoms with E-state index < -0.39 is 6.43 Å². The Morgan fingerprint density at radius 1 is 1.40 bits per heavy atom. The zero-order valence-corrected chi connectivity index (χ0v) is 8.42. The van der Waals surface area contributed by atoms with E-state index in [4.69, 9.17) is 0 Å². The van der Waals surface area contributed by atoms with Crippen molar-refractivity contribution in [3.63, 3.8) is 0 Å². The standard InChI is InChI=1S/C11H14F2N2/c12-11(13)10-4-9(6-15-7-10)8-2-1-3-14-5-8/h4,6-8,11,14H,1-3,5H2. The summed E-state index contributed by atoms with van der Waals surface area (Å²) in [4.78, 5) is 3.87. The molecule has 0 bridgehead atoms. The Kier molecular flexibility index (Phi) is 3.26. The van der Waals surface area contributed by atoms with E-state index in [2.05, 4.69) is 10.3 Å². The van der Waals surface area contributed by atoms with E-state index in [1.165, 1.54) is 6.20 Å². The van der Waals surface area contributed by atoms with Crippen molar-refractivity contribution in [2.24, 2.45) is 0 Å². The number of hydrogen-bond donors (Lipinski definition) is 1. The number of hydrogen-bond acceptors (Lipinski definition) is 2. The number of aromatic nitrogens is 1. The minimum atomic E-state index is -2.42. The maximum absolute atomic E-state index is 12.5. The molecule has 4 heteroatoms. The van der Waals surface area contributed by atoms with Gasteiger partial charge in [-0.15, -0.1) is 0 Å². The molecule has 1 fully saturated rings. The monoisotopic (exact) mass is 212 g/mol. The summed E-state index contributed by atoms with van der Waals surface area (Å²) in [6, 6.07) is 1.58. The van der Waals surface area contributed by atoms with Crippen molar-refractivity contribution in [3.8, 4) is 0 Å². The second-order valence-electron chi connectivity index (χ2n) is 3.90. The van der Waals surface area contributed by atoms with Crippen LogP contribution < -0.4 is 5.32 Å². The first kappa shape index (κ1) is 10.5. The van der Waals surface area contributed by atoms with Gasteiger partial charge in [0.2, 0.25) is 0 Å². The fourth-order valence-electron chi connectivity index (χ4n) is 1.96. The molecular formula is C11H14F2N2. The molecule has 0 amide bonds. The molecule has 2 nitrogen and oxygen atoms in total. The normalized spacial score (nSPS) is 21.9. The average Bonchev–Trinajstić information content (AvgIpc) is 2.30. The molecule has 1 atom stereocenters. The Labute approximate surface area is 87.7 Å². The second-order valence-corrected chi connectivity index (χ2v) is 3.90. The largest absolute Gasteiger partial charge is 0.316 e. The number of alkyl halides is 2. The first-order chi connectivity index (χ1) is 7.27. The Balaban J connectivity index is 2.16. The number of piperidine rings is 1. The molecule has 1 N–H and O–H groups in total. The molecule has 1 aliphatic heterocycles. The average molecular weight is 212 g/mol. The van der Waals surface area contributed by atoms with Crippen LogP contribution in [0.4, 0.5) is 8.78 Å². The lowest BCUT2D eigenvalue weighted by Gasteiger charge is -2.23. The minimum absolute atomic E-state index is 0.0260. The van der Waals surface area contributed by atoms with Gasteiger partial charge >= 0.3 is 0 Å². The van der Waals surface area contributed by atoms with Crippen molar-refractivity contribution in [2.75, 3.05) is 13.1 Å². The molecule has 0 saturated carbocycles. The van der Waals surface area contributed by atoms with Gasteiger partial charge in [0.05, 0.1) is 0 Å². The van der Waals surface area contributed by atoms with Gasteiger partial charge in [0.15, 0.2) is 0 Å². The van der Waals surface area contributed by atoms with E-state index in [1.807, 2.05) is 0 Å². The van der Waals surface area contributed by atoms with Gasteiger partial charge in [0, 0.05) is 24.5 Å². The van der Waals surface area contributed by atoms with E-state index in [-0.39, 0.29) is 5.56 Å². The molecule has 2 rings (SSSR count). The summed E-state index contributed by atoms with van der Waals surface area (Å²) in [5.41, 5.74) is 0.957. The summed E-state index contributed by atoms with van der Waals surface area (Å²) in [5.74, 6) is 0.338. The van der Waals surface area contributed by atoms with Crippen LogP contribution in [-0.4, -0.2) is 18.1 Å². The van der Waals surface area contributed by atoms with Gasteiger partial charge in [-0.2, -0.15) is 0 Å². The van der Waals surface area contributed by atoms with E-state index in [0.29, 0.717) is 5.92 Å². The summed E-state index contributed by atoms with van der Waals surface area (Å²) in [5, 5.41) is 3.27. The van der Waals surface area contributed by atoms with Gasteiger partial charge < -0.3 is 5.32 Å². The Hall–Kier alpha value is -1.03. The van der Waals surface area contributed by atoms with Crippen LogP contribution in [0.2, 0.25) is 0 Å². The fraction of sp³-hybridized carbons (Fsp3) is 0.545. The Morgan fingerprint density at radius 2 is 2.27 bits per heavy atom. The van der Waals surface area contributed by atoms with Crippen LogP contribution in [0.3, 0.4) is 0 Å². The first-order valence-corrected chi connectivity index (χ1v) is 5.21. The lowest BCUT2D eigenvalue weighted by molar-refractivity contribution is 0.151. The van der Waals surface area contributed by atoms with Crippen LogP contribution in [-0.2, 0) is 0 Å². The summed E-state index contributed by atoms with van der Waals surface area (Å²) in [6.45, 7) is 1.90. The van der Waals surface area contributed by atoms with Crippen LogP contribution in [0.5, 0.6) is 0 Å². The molecule has 1 saturated heterocycles. The summed E-state index contributed by atoms with van der Waals surface area (Å²) in [7, 11) is 0. The number of halogens is 2. The fourth-order valence-corrected chi connectivity index (χ4v) is 1.96. The maximum atomic E-state index is 12.5. The highest BCUT2D eigenvalue weighted by Crippen LogP contribution is 2.26. The quantitative estimate of drug-likeness (QED) is 0.814. The van der Waals surface area contributed by atoms with Gasteiger partial charge in [0.1, 0.15) is 0 Å². The smallest absolute Gasteiger partial charge is 0.265 e. The Bertz CT molecular complexity index is 322. The second kappa shape index (κ2) is 4.66. The number of pyridine rings is 1. The topological polar surface area (TPSA) is 24.9 Å². The molecule has 0 aliphatic carbocycles. The van der Waals surface area contributed by atoms with Gasteiger partial charge in [0.25, 0.3) is 6.43 Å². The number of nitrogens with zero attached hydrogens (tertiary/aromatic N) is 1. The van der Waals surface area contributed by atoms with Crippen LogP contribution in [0.25, 0.3) is 0 Å². The molecule has 1 unspecified atom stereocenters. The van der Waals surface area contributed by atoms with E-state index in [0.717, 1.165) is 31.5 Å². The predicted molar refractivity (Wildman–Crippen MR) is 54.0 cm³/mol. The number of nitrogens with one attached hydrogen (secondary N) is 1. The summed E-state index contributed by atoms with van der Waals surface area (Å²) in [6.07, 6.45) is 2.67. The molecule has 0 spiro atoms. The molecule has 82 valence electrons. The van der Waals surface area contributed by atoms with Gasteiger partial charge in [-0.05, 0) is 36.9 Å². The maximum Gasteiger partial charge on any atom is 0.265 e.